The first kappa shape index (κ1) is 58.5. The lowest BCUT2D eigenvalue weighted by Gasteiger charge is -2.28. The SMILES string of the molecule is CC[C@H](C)[C@H](NC(=O)[C@H](CCCN(O)C(C)=O)NC(=O)[C@H](CCCN(O)C(C)=O)NC(=O)[C@@H](N)CCCN(O)C(C)=O)C(=O)NS(=O)(=O)OC[C@H]1O[C@@H](CCn2nnc(-c3ccccc3)n2)[C@H](O)[C@@H]1O. The number of aliphatic hydroxyl groups is 2. The van der Waals surface area contributed by atoms with Crippen molar-refractivity contribution in [2.45, 2.75) is 141 Å². The molecule has 70 heavy (non-hydrogen) atoms. The van der Waals surface area contributed by atoms with Gasteiger partial charge in [-0.25, -0.2) is 19.9 Å². The molecular formula is C41H66N12O16S. The van der Waals surface area contributed by atoms with Gasteiger partial charge in [-0.3, -0.25) is 53.4 Å². The number of rotatable bonds is 29. The van der Waals surface area contributed by atoms with Crippen molar-refractivity contribution in [3.63, 3.8) is 0 Å². The molecule has 0 spiro atoms. The van der Waals surface area contributed by atoms with E-state index < -0.39 is 113 Å². The van der Waals surface area contributed by atoms with Crippen LogP contribution in [0.5, 0.6) is 0 Å². The quantitative estimate of drug-likeness (QED) is 0.0297. The zero-order valence-electron chi connectivity index (χ0n) is 39.6. The second kappa shape index (κ2) is 28.2. The zero-order chi connectivity index (χ0) is 52.3. The third-order valence-electron chi connectivity index (χ3n) is 11.3. The van der Waals surface area contributed by atoms with Crippen molar-refractivity contribution in [1.29, 1.82) is 0 Å². The molecule has 1 fully saturated rings. The van der Waals surface area contributed by atoms with Gasteiger partial charge < -0.3 is 36.6 Å². The number of aryl methyl sites for hydroxylation is 1. The van der Waals surface area contributed by atoms with E-state index in [1.165, 1.54) is 11.7 Å². The number of carbonyl (C=O) groups is 7. The lowest BCUT2D eigenvalue weighted by atomic mass is 9.97. The molecule has 2 heterocycles. The second-order valence-electron chi connectivity index (χ2n) is 16.7. The maximum atomic E-state index is 14.0. The molecule has 1 aliphatic rings. The van der Waals surface area contributed by atoms with Crippen molar-refractivity contribution >= 4 is 51.7 Å². The van der Waals surface area contributed by atoms with Gasteiger partial charge in [0.15, 0.2) is 0 Å². The molecule has 0 bridgehead atoms. The monoisotopic (exact) mass is 1010 g/mol. The normalized spacial score (nSPS) is 18.9. The Morgan fingerprint density at radius 2 is 1.27 bits per heavy atom. The maximum Gasteiger partial charge on any atom is 0.362 e. The topological polar surface area (TPSA) is 401 Å². The summed E-state index contributed by atoms with van der Waals surface area (Å²) >= 11 is 0. The average Bonchev–Trinajstić information content (AvgIpc) is 3.90. The third-order valence-corrected chi connectivity index (χ3v) is 12.2. The summed E-state index contributed by atoms with van der Waals surface area (Å²) in [5.74, 6) is -6.61. The fraction of sp³-hybridized carbons (Fsp3) is 0.659. The number of amides is 7. The fourth-order valence-electron chi connectivity index (χ4n) is 6.86. The summed E-state index contributed by atoms with van der Waals surface area (Å²) in [6.45, 7) is 4.97. The van der Waals surface area contributed by atoms with Crippen molar-refractivity contribution in [3.8, 4) is 11.4 Å². The molecule has 28 nitrogen and oxygen atoms in total. The Hall–Kier alpha value is -5.79. The number of aliphatic hydroxyl groups excluding tert-OH is 2. The highest BCUT2D eigenvalue weighted by Gasteiger charge is 2.43. The highest BCUT2D eigenvalue weighted by Crippen LogP contribution is 2.25. The van der Waals surface area contributed by atoms with Gasteiger partial charge in [0.1, 0.15) is 36.4 Å². The summed E-state index contributed by atoms with van der Waals surface area (Å²) in [5, 5.41) is 71.7. The van der Waals surface area contributed by atoms with Gasteiger partial charge in [-0.1, -0.05) is 50.6 Å². The van der Waals surface area contributed by atoms with Gasteiger partial charge in [-0.05, 0) is 56.1 Å². The Morgan fingerprint density at radius 3 is 1.80 bits per heavy atom. The molecule has 2 aromatic rings. The summed E-state index contributed by atoms with van der Waals surface area (Å²) in [6.07, 6.45) is -5.79. The Morgan fingerprint density at radius 1 is 0.771 bits per heavy atom. The van der Waals surface area contributed by atoms with Crippen LogP contribution in [-0.2, 0) is 59.3 Å². The number of hydrogen-bond acceptors (Lipinski definition) is 20. The van der Waals surface area contributed by atoms with Crippen LogP contribution in [0.25, 0.3) is 11.4 Å². The predicted molar refractivity (Wildman–Crippen MR) is 240 cm³/mol. The van der Waals surface area contributed by atoms with Gasteiger partial charge in [-0.15, -0.1) is 10.2 Å². The number of nitrogens with one attached hydrogen (secondary N) is 4. The van der Waals surface area contributed by atoms with Crippen LogP contribution >= 0.6 is 0 Å². The molecule has 0 radical (unpaired) electrons. The molecule has 0 aliphatic carbocycles. The molecule has 29 heteroatoms. The molecule has 9 atom stereocenters. The van der Waals surface area contributed by atoms with Crippen LogP contribution in [0.4, 0.5) is 0 Å². The summed E-state index contributed by atoms with van der Waals surface area (Å²) in [7, 11) is -4.98. The minimum Gasteiger partial charge on any atom is -0.388 e. The zero-order valence-corrected chi connectivity index (χ0v) is 40.4. The van der Waals surface area contributed by atoms with Gasteiger partial charge in [0.25, 0.3) is 5.91 Å². The number of hydroxylamine groups is 6. The highest BCUT2D eigenvalue weighted by atomic mass is 32.2. The minimum absolute atomic E-state index is 0.0433. The third kappa shape index (κ3) is 18.8. The first-order chi connectivity index (χ1) is 32.9. The van der Waals surface area contributed by atoms with Crippen LogP contribution in [0.3, 0.4) is 0 Å². The van der Waals surface area contributed by atoms with Crippen LogP contribution in [0, 0.1) is 5.92 Å². The molecule has 1 aromatic carbocycles. The Labute approximate surface area is 404 Å². The first-order valence-corrected chi connectivity index (χ1v) is 24.0. The van der Waals surface area contributed by atoms with E-state index in [9.17, 15) is 67.8 Å². The smallest absolute Gasteiger partial charge is 0.362 e. The second-order valence-corrected chi connectivity index (χ2v) is 18.1. The van der Waals surface area contributed by atoms with E-state index in [-0.39, 0.29) is 77.5 Å². The number of aromatic nitrogens is 4. The van der Waals surface area contributed by atoms with Crippen LogP contribution in [0.2, 0.25) is 0 Å². The molecule has 1 saturated heterocycles. The van der Waals surface area contributed by atoms with E-state index >= 15 is 0 Å². The Balaban J connectivity index is 1.72. The van der Waals surface area contributed by atoms with Crippen LogP contribution in [0.15, 0.2) is 30.3 Å². The maximum absolute atomic E-state index is 14.0. The predicted octanol–water partition coefficient (Wildman–Crippen LogP) is -2.52. The molecule has 7 amide bonds. The number of nitrogens with zero attached hydrogens (tertiary/aromatic N) is 7. The molecular weight excluding hydrogens is 949 g/mol. The number of carbonyl (C=O) groups excluding carboxylic acids is 7. The molecule has 11 N–H and O–H groups in total. The van der Waals surface area contributed by atoms with Gasteiger partial charge in [0, 0.05) is 46.0 Å². The lowest BCUT2D eigenvalue weighted by Crippen LogP contribution is -2.59. The molecule has 1 aromatic heterocycles. The molecule has 392 valence electrons. The molecule has 0 unspecified atom stereocenters. The fourth-order valence-corrected chi connectivity index (χ4v) is 7.60. The standard InChI is InChI=1S/C41H66N12O16S/c1-6-24(2)34(41(62)48-70(66,67)68-23-33-36(58)35(57)32(69-33)18-22-53-47-37(46-49-53)28-13-8-7-9-14-28)45-40(61)31(17-12-21-52(65)27(5)56)44-39(60)30(16-11-20-51(64)26(4)55)43-38(59)29(42)15-10-19-50(63)25(3)54/h7-9,13-14,24,29-36,57-58,63-65H,6,10-12,15-23,42H2,1-5H3,(H,43,59)(H,44,60)(H,45,61)(H,48,62)/t24-,29-,30-,31-,32-,33+,34-,35-,36+/m0/s1. The van der Waals surface area contributed by atoms with Crippen LogP contribution < -0.4 is 26.4 Å². The van der Waals surface area contributed by atoms with E-state index in [2.05, 4.69) is 31.4 Å². The van der Waals surface area contributed by atoms with Crippen molar-refractivity contribution in [2.75, 3.05) is 26.2 Å². The van der Waals surface area contributed by atoms with Crippen molar-refractivity contribution in [3.05, 3.63) is 30.3 Å². The van der Waals surface area contributed by atoms with Gasteiger partial charge in [0.05, 0.1) is 25.3 Å². The summed E-state index contributed by atoms with van der Waals surface area (Å²) in [5.41, 5.74) is 6.75. The van der Waals surface area contributed by atoms with Crippen molar-refractivity contribution in [2.24, 2.45) is 11.7 Å². The van der Waals surface area contributed by atoms with Gasteiger partial charge in [-0.2, -0.15) is 13.2 Å². The van der Waals surface area contributed by atoms with E-state index in [1.54, 1.807) is 35.9 Å². The first-order valence-electron chi connectivity index (χ1n) is 22.6. The van der Waals surface area contributed by atoms with E-state index in [1.807, 2.05) is 6.07 Å². The number of ether oxygens (including phenoxy) is 1. The van der Waals surface area contributed by atoms with Crippen molar-refractivity contribution in [1.82, 2.24) is 56.1 Å². The van der Waals surface area contributed by atoms with Gasteiger partial charge in [0.2, 0.25) is 41.3 Å². The Kier molecular flexibility index (Phi) is 23.5. The lowest BCUT2D eigenvalue weighted by molar-refractivity contribution is -0.163. The summed E-state index contributed by atoms with van der Waals surface area (Å²) in [6, 6.07) is 3.17. The number of hydrogen-bond donors (Lipinski definition) is 10. The van der Waals surface area contributed by atoms with Crippen molar-refractivity contribution < 1.29 is 76.7 Å². The Bertz CT molecular complexity index is 2170. The van der Waals surface area contributed by atoms with E-state index in [0.29, 0.717) is 21.0 Å². The molecule has 1 aliphatic heterocycles. The highest BCUT2D eigenvalue weighted by molar-refractivity contribution is 7.85. The van der Waals surface area contributed by atoms with Gasteiger partial charge >= 0.3 is 10.3 Å². The minimum atomic E-state index is -4.98. The number of tetrazole rings is 1. The van der Waals surface area contributed by atoms with E-state index in [4.69, 9.17) is 14.7 Å². The van der Waals surface area contributed by atoms with E-state index in [0.717, 1.165) is 26.3 Å². The van der Waals surface area contributed by atoms with Crippen LogP contribution in [-0.4, -0.2) is 186 Å². The summed E-state index contributed by atoms with van der Waals surface area (Å²) < 4.78 is 38.6. The average molecular weight is 1020 g/mol. The molecule has 0 saturated carbocycles. The van der Waals surface area contributed by atoms with Crippen LogP contribution in [0.1, 0.15) is 86.0 Å². The largest absolute Gasteiger partial charge is 0.388 e. The number of nitrogens with two attached hydrogens (primary N) is 1. The number of benzene rings is 1. The molecule has 3 rings (SSSR count). The summed E-state index contributed by atoms with van der Waals surface area (Å²) in [4.78, 5) is 90.6.